The van der Waals surface area contributed by atoms with Gasteiger partial charge in [0, 0.05) is 43.8 Å². The van der Waals surface area contributed by atoms with Crippen molar-refractivity contribution in [2.24, 2.45) is 27.3 Å². The van der Waals surface area contributed by atoms with Gasteiger partial charge in [-0.1, -0.05) is 60.1 Å². The minimum atomic E-state index is 0.263. The minimum Gasteiger partial charge on any atom is -0.333 e. The molecular formula is C30H62N6. The summed E-state index contributed by atoms with van der Waals surface area (Å²) < 4.78 is 0. The van der Waals surface area contributed by atoms with Gasteiger partial charge in [0.15, 0.2) is 0 Å². The second-order valence-corrected chi connectivity index (χ2v) is 9.93. The van der Waals surface area contributed by atoms with Crippen LogP contribution in [0.4, 0.5) is 0 Å². The summed E-state index contributed by atoms with van der Waals surface area (Å²) in [5, 5.41) is 20.6. The van der Waals surface area contributed by atoms with Crippen LogP contribution in [-0.2, 0) is 0 Å². The van der Waals surface area contributed by atoms with E-state index in [2.05, 4.69) is 122 Å². The Morgan fingerprint density at radius 2 is 1.50 bits per heavy atom. The molecule has 4 atom stereocenters. The number of hydrogen-bond acceptors (Lipinski definition) is 6. The maximum atomic E-state index is 7.32. The predicted octanol–water partition coefficient (Wildman–Crippen LogP) is 7.86. The number of hydrogen-bond donors (Lipinski definition) is 1. The summed E-state index contributed by atoms with van der Waals surface area (Å²) in [6.07, 6.45) is 9.38. The van der Waals surface area contributed by atoms with Crippen LogP contribution in [0.15, 0.2) is 21.9 Å². The van der Waals surface area contributed by atoms with Gasteiger partial charge in [-0.15, -0.1) is 0 Å². The zero-order valence-corrected chi connectivity index (χ0v) is 26.8. The third-order valence-corrected chi connectivity index (χ3v) is 7.98. The zero-order valence-electron chi connectivity index (χ0n) is 26.8. The fourth-order valence-electron chi connectivity index (χ4n) is 5.08. The van der Waals surface area contributed by atoms with E-state index in [4.69, 9.17) is 5.26 Å². The molecule has 2 rings (SSSR count). The van der Waals surface area contributed by atoms with Crippen LogP contribution in [0.1, 0.15) is 122 Å². The molecule has 0 spiro atoms. The topological polar surface area (TPSA) is 81.0 Å². The number of hydrazone groups is 2. The van der Waals surface area contributed by atoms with Gasteiger partial charge in [0.25, 0.3) is 0 Å². The van der Waals surface area contributed by atoms with Crippen molar-refractivity contribution in [1.82, 2.24) is 10.0 Å². The van der Waals surface area contributed by atoms with Crippen molar-refractivity contribution in [3.05, 3.63) is 11.6 Å². The Morgan fingerprint density at radius 3 is 1.75 bits per heavy atom. The van der Waals surface area contributed by atoms with Crippen LogP contribution in [0, 0.1) is 22.7 Å². The maximum absolute atomic E-state index is 7.32. The van der Waals surface area contributed by atoms with Crippen LogP contribution >= 0.6 is 0 Å². The molecule has 4 unspecified atom stereocenters. The molecule has 0 amide bonds. The molecule has 212 valence electrons. The van der Waals surface area contributed by atoms with Gasteiger partial charge in [-0.05, 0) is 73.3 Å². The molecule has 0 aromatic rings. The number of nitriles is 1. The Morgan fingerprint density at radius 1 is 1.00 bits per heavy atom. The Balaban J connectivity index is -0.000000428. The molecule has 0 radical (unpaired) electrons. The van der Waals surface area contributed by atoms with E-state index in [1.807, 2.05) is 0 Å². The van der Waals surface area contributed by atoms with Gasteiger partial charge in [0.05, 0.1) is 17.6 Å². The minimum absolute atomic E-state index is 0.263. The van der Waals surface area contributed by atoms with Crippen LogP contribution in [0.5, 0.6) is 0 Å². The van der Waals surface area contributed by atoms with Crippen LogP contribution in [0.2, 0.25) is 0 Å². The van der Waals surface area contributed by atoms with Crippen molar-refractivity contribution in [2.45, 2.75) is 133 Å². The van der Waals surface area contributed by atoms with Gasteiger partial charge >= 0.3 is 0 Å². The normalized spacial score (nSPS) is 26.5. The summed E-state index contributed by atoms with van der Waals surface area (Å²) in [7, 11) is 5.67. The van der Waals surface area contributed by atoms with Gasteiger partial charge < -0.3 is 5.73 Å². The molecule has 0 saturated carbocycles. The number of nitrogens with two attached hydrogens (primary N) is 1. The first kappa shape index (κ1) is 38.7. The van der Waals surface area contributed by atoms with E-state index in [1.165, 1.54) is 69.5 Å². The summed E-state index contributed by atoms with van der Waals surface area (Å²) in [6.45, 7) is 25.9. The Labute approximate surface area is 226 Å². The number of allylic oxidation sites excluding steroid dienone is 2. The van der Waals surface area contributed by atoms with E-state index in [0.717, 1.165) is 0 Å². The molecule has 0 aromatic heterocycles. The molecule has 6 nitrogen and oxygen atoms in total. The second-order valence-electron chi connectivity index (χ2n) is 9.93. The van der Waals surface area contributed by atoms with Crippen molar-refractivity contribution >= 4 is 11.4 Å². The Kier molecular flexibility index (Phi) is 21.7. The third kappa shape index (κ3) is 11.0. The summed E-state index contributed by atoms with van der Waals surface area (Å²) in [6, 6.07) is 2.35. The van der Waals surface area contributed by atoms with Crippen molar-refractivity contribution in [3.8, 4) is 6.07 Å². The zero-order chi connectivity index (χ0) is 29.1. The molecular weight excluding hydrogens is 444 g/mol. The molecule has 2 heterocycles. The lowest BCUT2D eigenvalue weighted by Crippen LogP contribution is -2.43. The first-order valence-electron chi connectivity index (χ1n) is 14.0. The predicted molar refractivity (Wildman–Crippen MR) is 162 cm³/mol. The van der Waals surface area contributed by atoms with Crippen LogP contribution in [0.3, 0.4) is 0 Å². The van der Waals surface area contributed by atoms with Gasteiger partial charge in [-0.3, -0.25) is 10.0 Å². The Bertz CT molecular complexity index is 705. The monoisotopic (exact) mass is 507 g/mol. The molecule has 0 bridgehead atoms. The molecule has 0 saturated heterocycles. The standard InChI is InChI=1S/2C10H20N2.C7H14.C2H3N.CH5N/c1-6-9-10(4,7-2)8(3)11-12(9)5;1-6-9-8(3)11-12(5)10(9,4)7-2;1-4-6-7(3)5-2;1-2-3;1-2/h2*9H,6-7H2,1-5H3;6H,4-5H2,1-3H3;1H3;2H2,1H3/b;;7-6-;;. The van der Waals surface area contributed by atoms with Gasteiger partial charge in [-0.25, -0.2) is 0 Å². The maximum Gasteiger partial charge on any atom is 0.0625 e. The van der Waals surface area contributed by atoms with Crippen LogP contribution in [0.25, 0.3) is 0 Å². The molecule has 0 aromatic carbocycles. The summed E-state index contributed by atoms with van der Waals surface area (Å²) >= 11 is 0. The van der Waals surface area contributed by atoms with Crippen molar-refractivity contribution < 1.29 is 0 Å². The first-order valence-corrected chi connectivity index (χ1v) is 14.0. The smallest absolute Gasteiger partial charge is 0.0625 e. The van der Waals surface area contributed by atoms with E-state index in [0.29, 0.717) is 17.4 Å². The van der Waals surface area contributed by atoms with Crippen molar-refractivity contribution in [3.63, 3.8) is 0 Å². The fraction of sp³-hybridized carbons (Fsp3) is 0.833. The molecule has 6 heteroatoms. The van der Waals surface area contributed by atoms with E-state index < -0.39 is 0 Å². The third-order valence-electron chi connectivity index (χ3n) is 7.98. The summed E-state index contributed by atoms with van der Waals surface area (Å²) in [4.78, 5) is 0. The summed E-state index contributed by atoms with van der Waals surface area (Å²) in [5.74, 6) is 0.646. The van der Waals surface area contributed by atoms with Gasteiger partial charge in [-0.2, -0.15) is 15.5 Å². The van der Waals surface area contributed by atoms with Crippen LogP contribution in [-0.4, -0.2) is 54.2 Å². The highest BCUT2D eigenvalue weighted by atomic mass is 15.5. The van der Waals surface area contributed by atoms with Gasteiger partial charge in [0.2, 0.25) is 0 Å². The largest absolute Gasteiger partial charge is 0.333 e. The van der Waals surface area contributed by atoms with Crippen molar-refractivity contribution in [1.29, 1.82) is 5.26 Å². The highest BCUT2D eigenvalue weighted by Gasteiger charge is 2.42. The van der Waals surface area contributed by atoms with Crippen LogP contribution < -0.4 is 5.73 Å². The van der Waals surface area contributed by atoms with E-state index in [-0.39, 0.29) is 5.54 Å². The number of nitrogens with zero attached hydrogens (tertiary/aromatic N) is 5. The van der Waals surface area contributed by atoms with E-state index in [9.17, 15) is 0 Å². The fourth-order valence-corrected chi connectivity index (χ4v) is 5.08. The van der Waals surface area contributed by atoms with E-state index >= 15 is 0 Å². The molecule has 2 N–H and O–H groups in total. The number of rotatable bonds is 6. The average Bonchev–Trinajstić information content (AvgIpc) is 3.22. The lowest BCUT2D eigenvalue weighted by atomic mass is 9.76. The lowest BCUT2D eigenvalue weighted by molar-refractivity contribution is 0.124. The highest BCUT2D eigenvalue weighted by molar-refractivity contribution is 5.89. The second kappa shape index (κ2) is 20.2. The quantitative estimate of drug-likeness (QED) is 0.372. The molecule has 0 fully saturated rings. The van der Waals surface area contributed by atoms with Crippen molar-refractivity contribution in [2.75, 3.05) is 21.1 Å². The first-order chi connectivity index (χ1) is 16.8. The summed E-state index contributed by atoms with van der Waals surface area (Å²) in [5.41, 5.74) is 9.16. The van der Waals surface area contributed by atoms with Gasteiger partial charge in [0.1, 0.15) is 0 Å². The lowest BCUT2D eigenvalue weighted by Gasteiger charge is -2.35. The average molecular weight is 507 g/mol. The Hall–Kier alpha value is -1.87. The molecule has 2 aliphatic heterocycles. The molecule has 36 heavy (non-hydrogen) atoms. The van der Waals surface area contributed by atoms with E-state index in [1.54, 1.807) is 6.07 Å². The molecule has 2 aliphatic rings. The molecule has 0 aliphatic carbocycles. The highest BCUT2D eigenvalue weighted by Crippen LogP contribution is 2.38. The SMILES string of the molecule is CC#N.CC/C=C(/C)CC.CCC1C(C)=NN(C)C1(C)CC.CCC1N(C)N=C(C)C1(C)CC.CN.